The first-order chi connectivity index (χ1) is 9.10. The molecule has 2 N–H and O–H groups in total. The lowest BCUT2D eigenvalue weighted by Gasteiger charge is -2.24. The fraction of sp³-hybridized carbons (Fsp3) is 0.286. The molecule has 0 aromatic heterocycles. The number of nitrogens with one attached hydrogen (secondary N) is 2. The number of amides is 2. The molecule has 5 heteroatoms. The van der Waals surface area contributed by atoms with Crippen molar-refractivity contribution in [3.63, 3.8) is 0 Å². The molecule has 1 fully saturated rings. The van der Waals surface area contributed by atoms with Crippen molar-refractivity contribution >= 4 is 23.2 Å². The standard InChI is InChI=1S/C14H15FN2O2/c1-2-13(18)17-12-8-10(6-7-11(12)15)16-14(19)9-4-3-5-9/h2,6-9H,1,3-5H2,(H,16,19)(H,17,18). The number of hydrogen-bond donors (Lipinski definition) is 2. The van der Waals surface area contributed by atoms with E-state index in [-0.39, 0.29) is 17.5 Å². The van der Waals surface area contributed by atoms with Gasteiger partial charge in [0, 0.05) is 11.6 Å². The largest absolute Gasteiger partial charge is 0.326 e. The van der Waals surface area contributed by atoms with Crippen LogP contribution in [0.5, 0.6) is 0 Å². The van der Waals surface area contributed by atoms with Gasteiger partial charge in [-0.2, -0.15) is 0 Å². The zero-order valence-corrected chi connectivity index (χ0v) is 10.4. The Labute approximate surface area is 110 Å². The van der Waals surface area contributed by atoms with E-state index in [1.54, 1.807) is 0 Å². The Bertz CT molecular complexity index is 524. The van der Waals surface area contributed by atoms with Crippen molar-refractivity contribution in [1.82, 2.24) is 0 Å². The summed E-state index contributed by atoms with van der Waals surface area (Å²) >= 11 is 0. The van der Waals surface area contributed by atoms with Gasteiger partial charge in [-0.25, -0.2) is 4.39 Å². The lowest BCUT2D eigenvalue weighted by molar-refractivity contribution is -0.122. The maximum absolute atomic E-state index is 13.5. The highest BCUT2D eigenvalue weighted by molar-refractivity contribution is 6.00. The Morgan fingerprint density at radius 2 is 2.05 bits per heavy atom. The zero-order valence-electron chi connectivity index (χ0n) is 10.4. The minimum Gasteiger partial charge on any atom is -0.326 e. The number of carbonyl (C=O) groups excluding carboxylic acids is 2. The van der Waals surface area contributed by atoms with Crippen LogP contribution in [0.15, 0.2) is 30.9 Å². The van der Waals surface area contributed by atoms with E-state index >= 15 is 0 Å². The van der Waals surface area contributed by atoms with E-state index in [4.69, 9.17) is 0 Å². The molecule has 1 saturated carbocycles. The summed E-state index contributed by atoms with van der Waals surface area (Å²) < 4.78 is 13.5. The molecule has 2 amide bonds. The second-order valence-corrected chi connectivity index (χ2v) is 4.51. The fourth-order valence-corrected chi connectivity index (χ4v) is 1.80. The molecular weight excluding hydrogens is 247 g/mol. The maximum atomic E-state index is 13.5. The van der Waals surface area contributed by atoms with Crippen LogP contribution in [0.2, 0.25) is 0 Å². The molecule has 0 bridgehead atoms. The van der Waals surface area contributed by atoms with E-state index in [2.05, 4.69) is 17.2 Å². The minimum absolute atomic E-state index is 0.0244. The SMILES string of the molecule is C=CC(=O)Nc1cc(NC(=O)C2CCC2)ccc1F. The third kappa shape index (κ3) is 3.19. The molecule has 1 aliphatic carbocycles. The summed E-state index contributed by atoms with van der Waals surface area (Å²) in [6, 6.07) is 4.07. The van der Waals surface area contributed by atoms with E-state index in [9.17, 15) is 14.0 Å². The molecule has 100 valence electrons. The van der Waals surface area contributed by atoms with Gasteiger partial charge in [0.05, 0.1) is 5.69 Å². The van der Waals surface area contributed by atoms with Gasteiger partial charge in [-0.05, 0) is 37.1 Å². The molecule has 1 aliphatic rings. The smallest absolute Gasteiger partial charge is 0.247 e. The summed E-state index contributed by atoms with van der Waals surface area (Å²) in [6.45, 7) is 3.29. The second kappa shape index (κ2) is 5.65. The van der Waals surface area contributed by atoms with Crippen molar-refractivity contribution in [1.29, 1.82) is 0 Å². The molecule has 0 radical (unpaired) electrons. The van der Waals surface area contributed by atoms with Crippen molar-refractivity contribution in [2.75, 3.05) is 10.6 Å². The zero-order chi connectivity index (χ0) is 13.8. The molecule has 4 nitrogen and oxygen atoms in total. The first kappa shape index (κ1) is 13.3. The van der Waals surface area contributed by atoms with Crippen molar-refractivity contribution in [3.8, 4) is 0 Å². The van der Waals surface area contributed by atoms with Gasteiger partial charge in [0.2, 0.25) is 11.8 Å². The Hall–Kier alpha value is -2.17. The van der Waals surface area contributed by atoms with Crippen LogP contribution in [0.4, 0.5) is 15.8 Å². The predicted molar refractivity (Wildman–Crippen MR) is 71.2 cm³/mol. The molecular formula is C14H15FN2O2. The predicted octanol–water partition coefficient (Wildman–Crippen LogP) is 2.69. The third-order valence-corrected chi connectivity index (χ3v) is 3.15. The summed E-state index contributed by atoms with van der Waals surface area (Å²) in [5.74, 6) is -1.06. The highest BCUT2D eigenvalue weighted by Crippen LogP contribution is 2.28. The van der Waals surface area contributed by atoms with Gasteiger partial charge >= 0.3 is 0 Å². The topological polar surface area (TPSA) is 58.2 Å². The summed E-state index contributed by atoms with van der Waals surface area (Å²) in [4.78, 5) is 22.9. The molecule has 19 heavy (non-hydrogen) atoms. The van der Waals surface area contributed by atoms with Crippen LogP contribution in [0.1, 0.15) is 19.3 Å². The highest BCUT2D eigenvalue weighted by atomic mass is 19.1. The summed E-state index contributed by atoms with van der Waals surface area (Å²) in [5.41, 5.74) is 0.494. The number of anilines is 2. The molecule has 0 unspecified atom stereocenters. The van der Waals surface area contributed by atoms with E-state index in [0.29, 0.717) is 5.69 Å². The molecule has 0 spiro atoms. The fourth-order valence-electron chi connectivity index (χ4n) is 1.80. The van der Waals surface area contributed by atoms with Crippen LogP contribution < -0.4 is 10.6 Å². The molecule has 2 rings (SSSR count). The maximum Gasteiger partial charge on any atom is 0.247 e. The molecule has 0 aliphatic heterocycles. The van der Waals surface area contributed by atoms with Gasteiger partial charge in [0.25, 0.3) is 0 Å². The van der Waals surface area contributed by atoms with Gasteiger partial charge in [-0.3, -0.25) is 9.59 Å². The van der Waals surface area contributed by atoms with Crippen molar-refractivity contribution in [2.45, 2.75) is 19.3 Å². The van der Waals surface area contributed by atoms with E-state index in [0.717, 1.165) is 25.3 Å². The average Bonchev–Trinajstić information content (AvgIpc) is 2.31. The number of carbonyl (C=O) groups is 2. The lowest BCUT2D eigenvalue weighted by atomic mass is 9.85. The van der Waals surface area contributed by atoms with Crippen LogP contribution in [-0.2, 0) is 9.59 Å². The summed E-state index contributed by atoms with van der Waals surface area (Å²) in [5, 5.41) is 5.07. The van der Waals surface area contributed by atoms with Crippen molar-refractivity contribution < 1.29 is 14.0 Å². The monoisotopic (exact) mass is 262 g/mol. The molecule has 0 saturated heterocycles. The van der Waals surface area contributed by atoms with Crippen LogP contribution >= 0.6 is 0 Å². The minimum atomic E-state index is -0.558. The number of benzene rings is 1. The van der Waals surface area contributed by atoms with Crippen LogP contribution in [0.3, 0.4) is 0 Å². The van der Waals surface area contributed by atoms with Crippen LogP contribution in [-0.4, -0.2) is 11.8 Å². The van der Waals surface area contributed by atoms with Gasteiger partial charge in [0.1, 0.15) is 5.82 Å². The van der Waals surface area contributed by atoms with Gasteiger partial charge in [0.15, 0.2) is 0 Å². The second-order valence-electron chi connectivity index (χ2n) is 4.51. The molecule has 0 atom stereocenters. The van der Waals surface area contributed by atoms with E-state index in [1.165, 1.54) is 18.2 Å². The average molecular weight is 262 g/mol. The van der Waals surface area contributed by atoms with Crippen LogP contribution in [0, 0.1) is 11.7 Å². The number of halogens is 1. The first-order valence-electron chi connectivity index (χ1n) is 6.14. The van der Waals surface area contributed by atoms with Crippen molar-refractivity contribution in [2.24, 2.45) is 5.92 Å². The lowest BCUT2D eigenvalue weighted by Crippen LogP contribution is -2.28. The third-order valence-electron chi connectivity index (χ3n) is 3.15. The Morgan fingerprint density at radius 3 is 2.63 bits per heavy atom. The Balaban J connectivity index is 2.08. The Morgan fingerprint density at radius 1 is 1.32 bits per heavy atom. The first-order valence-corrected chi connectivity index (χ1v) is 6.14. The van der Waals surface area contributed by atoms with Gasteiger partial charge in [-0.15, -0.1) is 0 Å². The van der Waals surface area contributed by atoms with E-state index in [1.807, 2.05) is 0 Å². The highest BCUT2D eigenvalue weighted by Gasteiger charge is 2.25. The Kier molecular flexibility index (Phi) is 3.94. The number of rotatable bonds is 4. The summed E-state index contributed by atoms with van der Waals surface area (Å²) in [6.07, 6.45) is 3.92. The van der Waals surface area contributed by atoms with Gasteiger partial charge < -0.3 is 10.6 Å². The van der Waals surface area contributed by atoms with Gasteiger partial charge in [-0.1, -0.05) is 13.0 Å². The molecule has 1 aromatic carbocycles. The van der Waals surface area contributed by atoms with Crippen molar-refractivity contribution in [3.05, 3.63) is 36.7 Å². The van der Waals surface area contributed by atoms with Crippen LogP contribution in [0.25, 0.3) is 0 Å². The number of hydrogen-bond acceptors (Lipinski definition) is 2. The normalized spacial score (nSPS) is 14.4. The van der Waals surface area contributed by atoms with E-state index < -0.39 is 11.7 Å². The molecule has 0 heterocycles. The molecule has 1 aromatic rings. The quantitative estimate of drug-likeness (QED) is 0.820. The summed E-state index contributed by atoms with van der Waals surface area (Å²) in [7, 11) is 0.